The van der Waals surface area contributed by atoms with Crippen molar-refractivity contribution in [1.29, 1.82) is 0 Å². The van der Waals surface area contributed by atoms with Crippen molar-refractivity contribution in [2.24, 2.45) is 16.5 Å². The molecule has 0 spiro atoms. The standard InChI is InChI=1S/C21H31N5O6/c22-20(23)24-11-5-4-8-15-9-10-17(32-15)18(27)25-12-16(19(28)29)26-21(30)31-13-14-6-2-1-3-7-14/h1-3,6-7,15-17H,4-5,8-13H2,(H,25,27)(H,26,30)(H,28,29)(H4,22,23,24)/t15-,16+,17+/m1/s1. The molecule has 1 aromatic carbocycles. The first-order valence-electron chi connectivity index (χ1n) is 10.5. The van der Waals surface area contributed by atoms with Crippen LogP contribution in [0.5, 0.6) is 0 Å². The molecule has 2 rings (SSSR count). The topological polar surface area (TPSA) is 178 Å². The summed E-state index contributed by atoms with van der Waals surface area (Å²) in [4.78, 5) is 39.6. The second-order valence-corrected chi connectivity index (χ2v) is 7.47. The molecule has 1 aliphatic heterocycles. The Balaban J connectivity index is 1.68. The fraction of sp³-hybridized carbons (Fsp3) is 0.524. The van der Waals surface area contributed by atoms with Gasteiger partial charge in [0.1, 0.15) is 18.8 Å². The molecule has 3 atom stereocenters. The van der Waals surface area contributed by atoms with Crippen LogP contribution in [0.1, 0.15) is 37.7 Å². The first-order valence-corrected chi connectivity index (χ1v) is 10.5. The minimum atomic E-state index is -1.32. The number of carboxylic acid groups (broad SMARTS) is 1. The van der Waals surface area contributed by atoms with Crippen LogP contribution in [0, 0.1) is 0 Å². The highest BCUT2D eigenvalue weighted by atomic mass is 16.5. The monoisotopic (exact) mass is 449 g/mol. The minimum Gasteiger partial charge on any atom is -0.480 e. The van der Waals surface area contributed by atoms with E-state index in [2.05, 4.69) is 15.6 Å². The molecule has 7 N–H and O–H groups in total. The van der Waals surface area contributed by atoms with E-state index in [0.717, 1.165) is 31.2 Å². The molecule has 176 valence electrons. The second-order valence-electron chi connectivity index (χ2n) is 7.47. The van der Waals surface area contributed by atoms with Crippen molar-refractivity contribution in [2.45, 2.75) is 57.0 Å². The van der Waals surface area contributed by atoms with Gasteiger partial charge in [0.05, 0.1) is 6.10 Å². The van der Waals surface area contributed by atoms with Crippen molar-refractivity contribution in [3.05, 3.63) is 35.9 Å². The summed E-state index contributed by atoms with van der Waals surface area (Å²) in [7, 11) is 0. The zero-order chi connectivity index (χ0) is 23.3. The van der Waals surface area contributed by atoms with Gasteiger partial charge in [-0.2, -0.15) is 0 Å². The molecule has 2 amide bonds. The van der Waals surface area contributed by atoms with Gasteiger partial charge in [0.2, 0.25) is 5.91 Å². The third-order valence-electron chi connectivity index (χ3n) is 4.91. The van der Waals surface area contributed by atoms with E-state index in [9.17, 15) is 19.5 Å². The number of alkyl carbamates (subject to hydrolysis) is 1. The number of carbonyl (C=O) groups excluding carboxylic acids is 2. The SMILES string of the molecule is NC(N)=NCCCC[C@@H]1CC[C@@H](C(=O)NC[C@H](NC(=O)OCc2ccccc2)C(=O)O)O1. The van der Waals surface area contributed by atoms with Crippen LogP contribution in [0.3, 0.4) is 0 Å². The van der Waals surface area contributed by atoms with E-state index >= 15 is 0 Å². The fourth-order valence-electron chi connectivity index (χ4n) is 3.23. The van der Waals surface area contributed by atoms with Gasteiger partial charge in [-0.3, -0.25) is 9.79 Å². The quantitative estimate of drug-likeness (QED) is 0.174. The average molecular weight is 450 g/mol. The number of hydrogen-bond donors (Lipinski definition) is 5. The van der Waals surface area contributed by atoms with Gasteiger partial charge in [0.25, 0.3) is 0 Å². The smallest absolute Gasteiger partial charge is 0.408 e. The predicted octanol–water partition coefficient (Wildman–Crippen LogP) is 0.474. The summed E-state index contributed by atoms with van der Waals surface area (Å²) in [6.07, 6.45) is 2.21. The Labute approximate surface area is 186 Å². The van der Waals surface area contributed by atoms with Gasteiger partial charge in [-0.15, -0.1) is 0 Å². The fourth-order valence-corrected chi connectivity index (χ4v) is 3.23. The summed E-state index contributed by atoms with van der Waals surface area (Å²) < 4.78 is 10.8. The Morgan fingerprint density at radius 3 is 2.62 bits per heavy atom. The van der Waals surface area contributed by atoms with E-state index in [1.807, 2.05) is 6.07 Å². The Bertz CT molecular complexity index is 784. The molecule has 1 fully saturated rings. The van der Waals surface area contributed by atoms with Gasteiger partial charge in [-0.05, 0) is 37.7 Å². The zero-order valence-electron chi connectivity index (χ0n) is 17.9. The summed E-state index contributed by atoms with van der Waals surface area (Å²) in [5.41, 5.74) is 11.3. The number of aliphatic imine (C=N–C) groups is 1. The highest BCUT2D eigenvalue weighted by Gasteiger charge is 2.31. The summed E-state index contributed by atoms with van der Waals surface area (Å²) in [6, 6.07) is 7.67. The van der Waals surface area contributed by atoms with Crippen molar-refractivity contribution in [1.82, 2.24) is 10.6 Å². The predicted molar refractivity (Wildman–Crippen MR) is 117 cm³/mol. The normalized spacial score (nSPS) is 18.4. The van der Waals surface area contributed by atoms with Gasteiger partial charge in [-0.1, -0.05) is 30.3 Å². The van der Waals surface area contributed by atoms with E-state index < -0.39 is 30.1 Å². The lowest BCUT2D eigenvalue weighted by molar-refractivity contribution is -0.139. The molecule has 0 unspecified atom stereocenters. The first kappa shape index (κ1) is 24.9. The summed E-state index contributed by atoms with van der Waals surface area (Å²) in [6.45, 7) is 0.280. The van der Waals surface area contributed by atoms with E-state index in [4.69, 9.17) is 20.9 Å². The third kappa shape index (κ3) is 9.21. The van der Waals surface area contributed by atoms with E-state index in [-0.39, 0.29) is 25.2 Å². The number of nitrogens with zero attached hydrogens (tertiary/aromatic N) is 1. The molecule has 0 aromatic heterocycles. The molecule has 11 nitrogen and oxygen atoms in total. The largest absolute Gasteiger partial charge is 0.480 e. The van der Waals surface area contributed by atoms with Gasteiger partial charge in [-0.25, -0.2) is 9.59 Å². The van der Waals surface area contributed by atoms with Crippen LogP contribution < -0.4 is 22.1 Å². The molecular formula is C21H31N5O6. The van der Waals surface area contributed by atoms with Crippen LogP contribution in [-0.2, 0) is 25.7 Å². The molecular weight excluding hydrogens is 418 g/mol. The van der Waals surface area contributed by atoms with Gasteiger partial charge >= 0.3 is 12.1 Å². The van der Waals surface area contributed by atoms with Gasteiger partial charge in [0, 0.05) is 13.1 Å². The molecule has 0 aliphatic carbocycles. The molecule has 1 aliphatic rings. The lowest BCUT2D eigenvalue weighted by atomic mass is 10.1. The van der Waals surface area contributed by atoms with Crippen LogP contribution in [0.4, 0.5) is 4.79 Å². The maximum Gasteiger partial charge on any atom is 0.408 e. The Morgan fingerprint density at radius 2 is 1.94 bits per heavy atom. The van der Waals surface area contributed by atoms with Crippen LogP contribution in [0.15, 0.2) is 35.3 Å². The van der Waals surface area contributed by atoms with E-state index in [1.165, 1.54) is 0 Å². The molecule has 1 heterocycles. The van der Waals surface area contributed by atoms with Gasteiger partial charge in [0.15, 0.2) is 5.96 Å². The van der Waals surface area contributed by atoms with Gasteiger partial charge < -0.3 is 36.7 Å². The number of rotatable bonds is 12. The number of nitrogens with two attached hydrogens (primary N) is 2. The molecule has 1 aromatic rings. The average Bonchev–Trinajstić information content (AvgIpc) is 3.24. The van der Waals surface area contributed by atoms with Crippen molar-refractivity contribution in [3.8, 4) is 0 Å². The lowest BCUT2D eigenvalue weighted by Gasteiger charge is -2.17. The molecule has 0 bridgehead atoms. The number of unbranched alkanes of at least 4 members (excludes halogenated alkanes) is 1. The number of carbonyl (C=O) groups is 3. The van der Waals surface area contributed by atoms with Crippen molar-refractivity contribution < 1.29 is 29.0 Å². The maximum atomic E-state index is 12.3. The highest BCUT2D eigenvalue weighted by molar-refractivity contribution is 5.83. The van der Waals surface area contributed by atoms with Crippen molar-refractivity contribution >= 4 is 23.9 Å². The molecule has 0 saturated carbocycles. The molecule has 11 heteroatoms. The second kappa shape index (κ2) is 13.2. The molecule has 0 radical (unpaired) electrons. The van der Waals surface area contributed by atoms with E-state index in [1.54, 1.807) is 24.3 Å². The van der Waals surface area contributed by atoms with E-state index in [0.29, 0.717) is 13.0 Å². The number of aliphatic carboxylic acids is 1. The zero-order valence-corrected chi connectivity index (χ0v) is 17.9. The Morgan fingerprint density at radius 1 is 1.19 bits per heavy atom. The van der Waals surface area contributed by atoms with Crippen LogP contribution in [0.2, 0.25) is 0 Å². The number of carboxylic acids is 1. The minimum absolute atomic E-state index is 0.00856. The number of nitrogens with one attached hydrogen (secondary N) is 2. The number of amides is 2. The lowest BCUT2D eigenvalue weighted by Crippen LogP contribution is -2.50. The maximum absolute atomic E-state index is 12.3. The highest BCUT2D eigenvalue weighted by Crippen LogP contribution is 2.23. The number of benzene rings is 1. The summed E-state index contributed by atoms with van der Waals surface area (Å²) in [5, 5.41) is 14.1. The van der Waals surface area contributed by atoms with Crippen molar-refractivity contribution in [3.63, 3.8) is 0 Å². The Kier molecular flexibility index (Phi) is 10.2. The Hall–Kier alpha value is -3.34. The third-order valence-corrected chi connectivity index (χ3v) is 4.91. The summed E-state index contributed by atoms with van der Waals surface area (Å²) in [5.74, 6) is -1.62. The van der Waals surface area contributed by atoms with Crippen LogP contribution in [-0.4, -0.2) is 60.4 Å². The molecule has 1 saturated heterocycles. The first-order chi connectivity index (χ1) is 15.3. The molecule has 32 heavy (non-hydrogen) atoms. The van der Waals surface area contributed by atoms with Crippen LogP contribution >= 0.6 is 0 Å². The summed E-state index contributed by atoms with van der Waals surface area (Å²) >= 11 is 0. The number of guanidine groups is 1. The number of hydrogen-bond acceptors (Lipinski definition) is 6. The van der Waals surface area contributed by atoms with Crippen molar-refractivity contribution in [2.75, 3.05) is 13.1 Å². The number of ether oxygens (including phenoxy) is 2. The van der Waals surface area contributed by atoms with Crippen LogP contribution in [0.25, 0.3) is 0 Å².